The zero-order valence-corrected chi connectivity index (χ0v) is 17.8. The summed E-state index contributed by atoms with van der Waals surface area (Å²) in [6.45, 7) is 4.90. The fourth-order valence-electron chi connectivity index (χ4n) is 1.45. The number of fused-ring (bicyclic) bond motifs is 1. The van der Waals surface area contributed by atoms with Crippen molar-refractivity contribution in [2.45, 2.75) is 26.4 Å². The number of nitrogens with zero attached hydrogens (tertiary/aromatic N) is 6. The van der Waals surface area contributed by atoms with Gasteiger partial charge in [-0.15, -0.1) is 5.10 Å². The Labute approximate surface area is 163 Å². The van der Waals surface area contributed by atoms with E-state index in [2.05, 4.69) is 15.3 Å². The third kappa shape index (κ3) is 16.4. The van der Waals surface area contributed by atoms with Gasteiger partial charge in [0.15, 0.2) is 0 Å². The van der Waals surface area contributed by atoms with Crippen molar-refractivity contribution in [3.05, 3.63) is 18.3 Å². The van der Waals surface area contributed by atoms with E-state index < -0.39 is 13.4 Å². The number of hydrogen-bond donors (Lipinski definition) is 0. The molecular weight excluding hydrogens is 429 g/mol. The van der Waals surface area contributed by atoms with Crippen LogP contribution < -0.4 is 4.84 Å². The molecule has 0 aromatic carbocycles. The molecule has 0 bridgehead atoms. The third-order valence-electron chi connectivity index (χ3n) is 2.11. The molecule has 2 aromatic heterocycles. The van der Waals surface area contributed by atoms with Gasteiger partial charge in [-0.2, -0.15) is 0 Å². The van der Waals surface area contributed by atoms with Crippen LogP contribution in [0.5, 0.6) is 0 Å². The summed E-state index contributed by atoms with van der Waals surface area (Å²) in [5.41, 5.74) is 0.540. The average Bonchev–Trinajstić information content (AvgIpc) is 2.82. The molecule has 2 heterocycles. The monoisotopic (exact) mass is 453 g/mol. The summed E-state index contributed by atoms with van der Waals surface area (Å²) < 4.78 is 61.0. The SMILES string of the molecule is CC(C)(C)[O].CN(C)C(On1nnc2cccnc21)=[N+](C)C.F[P-](F)(F)(F)(F)F. The molecule has 0 aliphatic heterocycles. The van der Waals surface area contributed by atoms with E-state index in [-0.39, 0.29) is 0 Å². The van der Waals surface area contributed by atoms with E-state index in [1.54, 1.807) is 27.0 Å². The van der Waals surface area contributed by atoms with Gasteiger partial charge in [-0.25, -0.2) is 19.6 Å². The minimum absolute atomic E-state index is 0.591. The molecule has 1 radical (unpaired) electrons. The quantitative estimate of drug-likeness (QED) is 0.214. The van der Waals surface area contributed by atoms with Crippen LogP contribution in [0, 0.1) is 0 Å². The molecule has 15 heteroatoms. The summed E-state index contributed by atoms with van der Waals surface area (Å²) in [4.78, 5) is 13.0. The Morgan fingerprint density at radius 2 is 1.59 bits per heavy atom. The van der Waals surface area contributed by atoms with Gasteiger partial charge in [0.25, 0.3) is 0 Å². The molecule has 0 spiro atoms. The Kier molecular flexibility index (Phi) is 7.64. The molecule has 0 atom stereocenters. The van der Waals surface area contributed by atoms with Crippen LogP contribution in [0.1, 0.15) is 20.8 Å². The molecule has 0 saturated heterocycles. The maximum absolute atomic E-state index is 10.7. The first-order valence-corrected chi connectivity index (χ1v) is 9.90. The Bertz CT molecular complexity index is 824. The Balaban J connectivity index is 0.000000543. The van der Waals surface area contributed by atoms with E-state index in [1.165, 1.54) is 4.85 Å². The van der Waals surface area contributed by atoms with E-state index in [9.17, 15) is 30.3 Å². The van der Waals surface area contributed by atoms with Crippen LogP contribution in [0.3, 0.4) is 0 Å². The molecule has 0 aliphatic carbocycles. The van der Waals surface area contributed by atoms with Crippen LogP contribution in [0.2, 0.25) is 0 Å². The summed E-state index contributed by atoms with van der Waals surface area (Å²) in [5.74, 6) is 0. The van der Waals surface area contributed by atoms with Crippen molar-refractivity contribution in [3.63, 3.8) is 0 Å². The zero-order chi connectivity index (χ0) is 23.3. The van der Waals surface area contributed by atoms with Gasteiger partial charge in [0, 0.05) is 6.20 Å². The predicted molar refractivity (Wildman–Crippen MR) is 96.7 cm³/mol. The Hall–Kier alpha value is -2.21. The van der Waals surface area contributed by atoms with Crippen LogP contribution in [0.25, 0.3) is 11.2 Å². The van der Waals surface area contributed by atoms with Gasteiger partial charge >= 0.3 is 39.0 Å². The van der Waals surface area contributed by atoms with Gasteiger partial charge in [0.2, 0.25) is 5.65 Å². The number of rotatable bonds is 1. The molecule has 0 unspecified atom stereocenters. The molecular formula is C14H24F6N6O2P. The fraction of sp³-hybridized carbons (Fsp3) is 0.571. The molecule has 2 rings (SSSR count). The normalized spacial score (nSPS) is 13.7. The second-order valence-electron chi connectivity index (χ2n) is 7.04. The van der Waals surface area contributed by atoms with Crippen LogP contribution in [-0.4, -0.2) is 69.4 Å². The Morgan fingerprint density at radius 3 is 1.97 bits per heavy atom. The minimum atomic E-state index is -10.7. The first-order chi connectivity index (χ1) is 12.5. The number of pyridine rings is 1. The van der Waals surface area contributed by atoms with E-state index >= 15 is 0 Å². The molecule has 0 saturated carbocycles. The van der Waals surface area contributed by atoms with Crippen LogP contribution in [0.15, 0.2) is 18.3 Å². The number of aromatic nitrogens is 4. The fourth-order valence-corrected chi connectivity index (χ4v) is 1.45. The first kappa shape index (κ1) is 26.8. The van der Waals surface area contributed by atoms with Crippen molar-refractivity contribution >= 4 is 25.0 Å². The van der Waals surface area contributed by atoms with Crippen LogP contribution in [0.4, 0.5) is 25.2 Å². The summed E-state index contributed by atoms with van der Waals surface area (Å²) in [7, 11) is -3.09. The van der Waals surface area contributed by atoms with Gasteiger partial charge in [-0.1, -0.05) is 0 Å². The first-order valence-electron chi connectivity index (χ1n) is 7.88. The van der Waals surface area contributed by atoms with E-state index in [1.807, 2.05) is 49.8 Å². The molecule has 169 valence electrons. The van der Waals surface area contributed by atoms with E-state index in [0.717, 1.165) is 0 Å². The second-order valence-corrected chi connectivity index (χ2v) is 8.96. The third-order valence-corrected chi connectivity index (χ3v) is 2.11. The number of amidine groups is 1. The summed E-state index contributed by atoms with van der Waals surface area (Å²) >= 11 is 0. The molecule has 0 N–H and O–H groups in total. The Morgan fingerprint density at radius 1 is 1.14 bits per heavy atom. The van der Waals surface area contributed by atoms with E-state index in [0.29, 0.717) is 17.2 Å². The predicted octanol–water partition coefficient (Wildman–Crippen LogP) is 4.04. The molecule has 0 amide bonds. The summed E-state index contributed by atoms with van der Waals surface area (Å²) in [5, 5.41) is 18.0. The second kappa shape index (κ2) is 8.27. The number of hydrogen-bond acceptors (Lipinski definition) is 4. The molecule has 29 heavy (non-hydrogen) atoms. The van der Waals surface area contributed by atoms with E-state index in [4.69, 9.17) is 4.84 Å². The number of halogens is 6. The average molecular weight is 453 g/mol. The van der Waals surface area contributed by atoms with Crippen molar-refractivity contribution in [1.82, 2.24) is 25.0 Å². The van der Waals surface area contributed by atoms with Gasteiger partial charge in [-0.3, -0.25) is 4.84 Å². The molecule has 8 nitrogen and oxygen atoms in total. The maximum atomic E-state index is 10.1. The van der Waals surface area contributed by atoms with Gasteiger partial charge in [0.1, 0.15) is 5.52 Å². The topological polar surface area (TPSA) is 79.0 Å². The molecule has 0 aliphatic rings. The van der Waals surface area contributed by atoms with Gasteiger partial charge < -0.3 is 0 Å². The van der Waals surface area contributed by atoms with Crippen molar-refractivity contribution < 1.29 is 39.7 Å². The van der Waals surface area contributed by atoms with Gasteiger partial charge in [-0.05, 0) is 43.0 Å². The molecule has 2 aromatic rings. The van der Waals surface area contributed by atoms with Gasteiger partial charge in [0.05, 0.1) is 33.8 Å². The summed E-state index contributed by atoms with van der Waals surface area (Å²) in [6.07, 6.45) is 1.68. The van der Waals surface area contributed by atoms with Crippen molar-refractivity contribution in [2.24, 2.45) is 0 Å². The van der Waals surface area contributed by atoms with Crippen molar-refractivity contribution in [1.29, 1.82) is 0 Å². The van der Waals surface area contributed by atoms with Crippen LogP contribution in [-0.2, 0) is 5.11 Å². The van der Waals surface area contributed by atoms with Crippen LogP contribution >= 0.6 is 7.81 Å². The standard InChI is InChI=1S/C10H15N6O.C4H9O.F6P/c1-14(2)10(15(3)4)17-16-9-8(12-13-16)6-5-7-11-9;1-4(2,3)5;1-7(2,3,4,5)6/h5-7H,1-4H3;1-3H3;/q+1;;-1. The zero-order valence-electron chi connectivity index (χ0n) is 16.9. The molecule has 0 fully saturated rings. The summed E-state index contributed by atoms with van der Waals surface area (Å²) in [6, 6.07) is 4.28. The van der Waals surface area contributed by atoms with Crippen molar-refractivity contribution in [2.75, 3.05) is 28.2 Å². The van der Waals surface area contributed by atoms with Crippen molar-refractivity contribution in [3.8, 4) is 0 Å².